The quantitative estimate of drug-likeness (QED) is 0.430. The second-order valence-corrected chi connectivity index (χ2v) is 6.46. The standard InChI is InChI=1S/C15H11Cl2IN2/c16-8-15-19-13-7-12(18)4-5-14(13)20(15)9-10-2-1-3-11(17)6-10/h1-7H,8-9H2. The van der Waals surface area contributed by atoms with Crippen LogP contribution in [0.15, 0.2) is 42.5 Å². The molecule has 3 aromatic rings. The fourth-order valence-electron chi connectivity index (χ4n) is 2.25. The Kier molecular flexibility index (Phi) is 4.19. The van der Waals surface area contributed by atoms with Crippen molar-refractivity contribution in [1.82, 2.24) is 9.55 Å². The summed E-state index contributed by atoms with van der Waals surface area (Å²) in [5.41, 5.74) is 3.22. The van der Waals surface area contributed by atoms with E-state index in [1.165, 1.54) is 3.57 Å². The van der Waals surface area contributed by atoms with Gasteiger partial charge in [0.05, 0.1) is 16.9 Å². The van der Waals surface area contributed by atoms with E-state index in [9.17, 15) is 0 Å². The maximum absolute atomic E-state index is 6.05. The van der Waals surface area contributed by atoms with Crippen molar-refractivity contribution in [3.8, 4) is 0 Å². The monoisotopic (exact) mass is 416 g/mol. The molecule has 0 saturated heterocycles. The number of hydrogen-bond donors (Lipinski definition) is 0. The highest BCUT2D eigenvalue weighted by atomic mass is 127. The lowest BCUT2D eigenvalue weighted by Crippen LogP contribution is -2.03. The molecule has 0 radical (unpaired) electrons. The number of imidazole rings is 1. The lowest BCUT2D eigenvalue weighted by Gasteiger charge is -2.08. The first-order chi connectivity index (χ1) is 9.67. The number of fused-ring (bicyclic) bond motifs is 1. The van der Waals surface area contributed by atoms with Crippen LogP contribution in [0.2, 0.25) is 5.02 Å². The summed E-state index contributed by atoms with van der Waals surface area (Å²) in [6.07, 6.45) is 0. The smallest absolute Gasteiger partial charge is 0.125 e. The first kappa shape index (κ1) is 14.2. The molecule has 2 aromatic carbocycles. The van der Waals surface area contributed by atoms with Crippen molar-refractivity contribution in [2.45, 2.75) is 12.4 Å². The Morgan fingerprint density at radius 2 is 2.00 bits per heavy atom. The number of nitrogens with zero attached hydrogens (tertiary/aromatic N) is 2. The molecule has 0 amide bonds. The van der Waals surface area contributed by atoms with Crippen molar-refractivity contribution in [1.29, 1.82) is 0 Å². The maximum atomic E-state index is 6.05. The SMILES string of the molecule is ClCc1nc2cc(I)ccc2n1Cc1cccc(Cl)c1. The van der Waals surface area contributed by atoms with Crippen LogP contribution in [0.5, 0.6) is 0 Å². The van der Waals surface area contributed by atoms with Crippen LogP contribution in [0.3, 0.4) is 0 Å². The summed E-state index contributed by atoms with van der Waals surface area (Å²) in [6.45, 7) is 0.722. The van der Waals surface area contributed by atoms with Crippen molar-refractivity contribution in [2.75, 3.05) is 0 Å². The van der Waals surface area contributed by atoms with Crippen molar-refractivity contribution in [3.05, 3.63) is 62.4 Å². The van der Waals surface area contributed by atoms with E-state index in [1.54, 1.807) is 0 Å². The largest absolute Gasteiger partial charge is 0.322 e. The Labute approximate surface area is 140 Å². The number of hydrogen-bond acceptors (Lipinski definition) is 1. The zero-order valence-electron chi connectivity index (χ0n) is 10.5. The normalized spacial score (nSPS) is 11.2. The molecule has 0 unspecified atom stereocenters. The molecular weight excluding hydrogens is 406 g/mol. The van der Waals surface area contributed by atoms with Gasteiger partial charge < -0.3 is 4.57 Å². The van der Waals surface area contributed by atoms with Gasteiger partial charge >= 0.3 is 0 Å². The molecule has 20 heavy (non-hydrogen) atoms. The van der Waals surface area contributed by atoms with Crippen LogP contribution in [0, 0.1) is 3.57 Å². The Hall–Kier alpha value is -0.780. The molecule has 0 saturated carbocycles. The van der Waals surface area contributed by atoms with Crippen molar-refractivity contribution >= 4 is 56.8 Å². The molecule has 0 aliphatic heterocycles. The first-order valence-electron chi connectivity index (χ1n) is 6.12. The predicted molar refractivity (Wildman–Crippen MR) is 92.6 cm³/mol. The summed E-state index contributed by atoms with van der Waals surface area (Å²) in [6, 6.07) is 14.1. The van der Waals surface area contributed by atoms with Crippen molar-refractivity contribution < 1.29 is 0 Å². The summed E-state index contributed by atoms with van der Waals surface area (Å²) < 4.78 is 3.31. The molecular formula is C15H11Cl2IN2. The van der Waals surface area contributed by atoms with Gasteiger partial charge in [0.1, 0.15) is 5.82 Å². The molecule has 1 heterocycles. The zero-order valence-corrected chi connectivity index (χ0v) is 14.2. The van der Waals surface area contributed by atoms with Gasteiger partial charge in [-0.2, -0.15) is 0 Å². The zero-order chi connectivity index (χ0) is 14.1. The highest BCUT2D eigenvalue weighted by Crippen LogP contribution is 2.22. The summed E-state index contributed by atoms with van der Waals surface area (Å²) in [4.78, 5) is 4.60. The molecule has 0 bridgehead atoms. The van der Waals surface area contributed by atoms with Crippen LogP contribution >= 0.6 is 45.8 Å². The molecule has 0 atom stereocenters. The van der Waals surface area contributed by atoms with Gasteiger partial charge in [-0.1, -0.05) is 23.7 Å². The highest BCUT2D eigenvalue weighted by molar-refractivity contribution is 14.1. The van der Waals surface area contributed by atoms with Crippen LogP contribution in [-0.4, -0.2) is 9.55 Å². The molecule has 0 fully saturated rings. The fourth-order valence-corrected chi connectivity index (χ4v) is 3.14. The van der Waals surface area contributed by atoms with Gasteiger partial charge in [-0.25, -0.2) is 4.98 Å². The Bertz CT molecular complexity index is 768. The van der Waals surface area contributed by atoms with E-state index in [0.717, 1.165) is 34.0 Å². The second-order valence-electron chi connectivity index (χ2n) is 4.51. The lowest BCUT2D eigenvalue weighted by molar-refractivity contribution is 0.779. The summed E-state index contributed by atoms with van der Waals surface area (Å²) in [7, 11) is 0. The summed E-state index contributed by atoms with van der Waals surface area (Å²) >= 11 is 14.4. The molecule has 0 spiro atoms. The van der Waals surface area contributed by atoms with Crippen LogP contribution in [0.4, 0.5) is 0 Å². The van der Waals surface area contributed by atoms with Crippen molar-refractivity contribution in [2.24, 2.45) is 0 Å². The third-order valence-corrected chi connectivity index (χ3v) is 4.28. The summed E-state index contributed by atoms with van der Waals surface area (Å²) in [5.74, 6) is 1.27. The minimum absolute atomic E-state index is 0.395. The van der Waals surface area contributed by atoms with Crippen LogP contribution < -0.4 is 0 Å². The average molecular weight is 417 g/mol. The highest BCUT2D eigenvalue weighted by Gasteiger charge is 2.10. The Morgan fingerprint density at radius 1 is 1.15 bits per heavy atom. The van der Waals surface area contributed by atoms with E-state index < -0.39 is 0 Å². The molecule has 2 nitrogen and oxygen atoms in total. The van der Waals surface area contributed by atoms with Gasteiger partial charge in [0.15, 0.2) is 0 Å². The van der Waals surface area contributed by atoms with E-state index in [1.807, 2.05) is 18.2 Å². The van der Waals surface area contributed by atoms with Crippen LogP contribution in [-0.2, 0) is 12.4 Å². The van der Waals surface area contributed by atoms with Gasteiger partial charge in [-0.15, -0.1) is 11.6 Å². The first-order valence-corrected chi connectivity index (χ1v) is 8.11. The Morgan fingerprint density at radius 3 is 2.75 bits per heavy atom. The van der Waals surface area contributed by atoms with Gasteiger partial charge in [-0.3, -0.25) is 0 Å². The predicted octanol–water partition coefficient (Wildman–Crippen LogP) is 5.08. The number of aromatic nitrogens is 2. The van der Waals surface area contributed by atoms with E-state index in [4.69, 9.17) is 23.2 Å². The number of alkyl halides is 1. The van der Waals surface area contributed by atoms with E-state index in [2.05, 4.69) is 56.4 Å². The topological polar surface area (TPSA) is 17.8 Å². The van der Waals surface area contributed by atoms with Crippen LogP contribution in [0.25, 0.3) is 11.0 Å². The number of benzene rings is 2. The molecule has 0 aliphatic rings. The fraction of sp³-hybridized carbons (Fsp3) is 0.133. The second kappa shape index (κ2) is 5.92. The molecule has 5 heteroatoms. The van der Waals surface area contributed by atoms with Gasteiger partial charge in [0.2, 0.25) is 0 Å². The molecule has 1 aromatic heterocycles. The van der Waals surface area contributed by atoms with Gasteiger partial charge in [-0.05, 0) is 58.5 Å². The molecule has 102 valence electrons. The van der Waals surface area contributed by atoms with Crippen molar-refractivity contribution in [3.63, 3.8) is 0 Å². The number of rotatable bonds is 3. The summed E-state index contributed by atoms with van der Waals surface area (Å²) in [5, 5.41) is 0.744. The molecule has 3 rings (SSSR count). The molecule has 0 aliphatic carbocycles. The van der Waals surface area contributed by atoms with E-state index in [-0.39, 0.29) is 0 Å². The van der Waals surface area contributed by atoms with Crippen LogP contribution in [0.1, 0.15) is 11.4 Å². The minimum Gasteiger partial charge on any atom is -0.322 e. The third-order valence-electron chi connectivity index (χ3n) is 3.14. The minimum atomic E-state index is 0.395. The molecule has 0 N–H and O–H groups in total. The van der Waals surface area contributed by atoms with E-state index in [0.29, 0.717) is 5.88 Å². The lowest BCUT2D eigenvalue weighted by atomic mass is 10.2. The van der Waals surface area contributed by atoms with Gasteiger partial charge in [0.25, 0.3) is 0 Å². The van der Waals surface area contributed by atoms with E-state index >= 15 is 0 Å². The number of halogens is 3. The average Bonchev–Trinajstić information content (AvgIpc) is 2.76. The Balaban J connectivity index is 2.10. The third kappa shape index (κ3) is 2.80. The van der Waals surface area contributed by atoms with Gasteiger partial charge in [0, 0.05) is 15.1 Å². The maximum Gasteiger partial charge on any atom is 0.125 e.